The highest BCUT2D eigenvalue weighted by Crippen LogP contribution is 2.21. The fourth-order valence-electron chi connectivity index (χ4n) is 4.40. The van der Waals surface area contributed by atoms with E-state index in [1.807, 2.05) is 14.0 Å². The number of carbonyl (C=O) groups excluding carboxylic acids is 1. The summed E-state index contributed by atoms with van der Waals surface area (Å²) >= 11 is 0. The number of rotatable bonds is 6. The standard InChI is InChI=1S/C20H38N4O2.HI/c1-5-26-19(25)18-7-11-24(12-8-18)20(21-4)22-9-6-10-23-14-16(2)13-17(3)15-23;/h16-18H,5-15H2,1-4H3,(H,21,22);1H. The highest BCUT2D eigenvalue weighted by Gasteiger charge is 2.27. The smallest absolute Gasteiger partial charge is 0.309 e. The molecule has 0 amide bonds. The average molecular weight is 494 g/mol. The Kier molecular flexibility index (Phi) is 11.6. The number of nitrogens with one attached hydrogen (secondary N) is 1. The molecule has 7 heteroatoms. The molecule has 1 N–H and O–H groups in total. The predicted octanol–water partition coefficient (Wildman–Crippen LogP) is 2.82. The Morgan fingerprint density at radius 1 is 1.19 bits per heavy atom. The third kappa shape index (κ3) is 8.13. The summed E-state index contributed by atoms with van der Waals surface area (Å²) in [7, 11) is 1.84. The molecular formula is C20H39IN4O2. The highest BCUT2D eigenvalue weighted by molar-refractivity contribution is 14.0. The number of esters is 1. The van der Waals surface area contributed by atoms with Gasteiger partial charge in [0.2, 0.25) is 0 Å². The molecule has 0 spiro atoms. The minimum absolute atomic E-state index is 0. The van der Waals surface area contributed by atoms with E-state index in [0.717, 1.165) is 63.2 Å². The van der Waals surface area contributed by atoms with Gasteiger partial charge in [-0.25, -0.2) is 0 Å². The van der Waals surface area contributed by atoms with Gasteiger partial charge in [-0.3, -0.25) is 9.79 Å². The molecule has 2 atom stereocenters. The number of nitrogens with zero attached hydrogens (tertiary/aromatic N) is 3. The zero-order chi connectivity index (χ0) is 18.9. The number of piperidine rings is 2. The number of likely N-dealkylation sites (tertiary alicyclic amines) is 2. The Morgan fingerprint density at radius 2 is 1.81 bits per heavy atom. The maximum atomic E-state index is 11.9. The number of hydrogen-bond donors (Lipinski definition) is 1. The Hall–Kier alpha value is -0.570. The van der Waals surface area contributed by atoms with Crippen molar-refractivity contribution >= 4 is 35.9 Å². The van der Waals surface area contributed by atoms with E-state index in [1.54, 1.807) is 0 Å². The minimum Gasteiger partial charge on any atom is -0.466 e. The van der Waals surface area contributed by atoms with E-state index >= 15 is 0 Å². The SMILES string of the molecule is CCOC(=O)C1CCN(C(=NC)NCCCN2CC(C)CC(C)C2)CC1.I. The van der Waals surface area contributed by atoms with Crippen LogP contribution in [0.15, 0.2) is 4.99 Å². The summed E-state index contributed by atoms with van der Waals surface area (Å²) < 4.78 is 5.15. The summed E-state index contributed by atoms with van der Waals surface area (Å²) in [5.74, 6) is 2.61. The van der Waals surface area contributed by atoms with Crippen LogP contribution >= 0.6 is 24.0 Å². The van der Waals surface area contributed by atoms with E-state index in [9.17, 15) is 4.79 Å². The van der Waals surface area contributed by atoms with Crippen molar-refractivity contribution in [3.8, 4) is 0 Å². The predicted molar refractivity (Wildman–Crippen MR) is 122 cm³/mol. The van der Waals surface area contributed by atoms with E-state index < -0.39 is 0 Å². The summed E-state index contributed by atoms with van der Waals surface area (Å²) in [5.41, 5.74) is 0. The molecule has 0 aromatic carbocycles. The summed E-state index contributed by atoms with van der Waals surface area (Å²) in [6.45, 7) is 13.4. The molecule has 2 aliphatic rings. The Bertz CT molecular complexity index is 457. The van der Waals surface area contributed by atoms with Crippen LogP contribution in [0.25, 0.3) is 0 Å². The van der Waals surface area contributed by atoms with E-state index in [4.69, 9.17) is 4.74 Å². The summed E-state index contributed by atoms with van der Waals surface area (Å²) in [5, 5.41) is 3.50. The first-order valence-corrected chi connectivity index (χ1v) is 10.4. The molecule has 158 valence electrons. The zero-order valence-electron chi connectivity index (χ0n) is 17.6. The first-order chi connectivity index (χ1) is 12.5. The maximum Gasteiger partial charge on any atom is 0.309 e. The van der Waals surface area contributed by atoms with Gasteiger partial charge >= 0.3 is 5.97 Å². The van der Waals surface area contributed by atoms with Crippen LogP contribution in [0, 0.1) is 17.8 Å². The first kappa shape index (κ1) is 24.5. The lowest BCUT2D eigenvalue weighted by Crippen LogP contribution is -2.47. The van der Waals surface area contributed by atoms with Crippen molar-refractivity contribution in [3.05, 3.63) is 0 Å². The van der Waals surface area contributed by atoms with Crippen LogP contribution in [0.5, 0.6) is 0 Å². The fraction of sp³-hybridized carbons (Fsp3) is 0.900. The molecular weight excluding hydrogens is 455 g/mol. The zero-order valence-corrected chi connectivity index (χ0v) is 19.9. The van der Waals surface area contributed by atoms with Gasteiger partial charge in [0.1, 0.15) is 0 Å². The first-order valence-electron chi connectivity index (χ1n) is 10.4. The molecule has 2 rings (SSSR count). The van der Waals surface area contributed by atoms with Gasteiger partial charge in [0.05, 0.1) is 12.5 Å². The van der Waals surface area contributed by atoms with Gasteiger partial charge in [0.25, 0.3) is 0 Å². The van der Waals surface area contributed by atoms with Crippen LogP contribution in [0.2, 0.25) is 0 Å². The summed E-state index contributed by atoms with van der Waals surface area (Å²) in [6, 6.07) is 0. The summed E-state index contributed by atoms with van der Waals surface area (Å²) in [6.07, 6.45) is 4.20. The molecule has 6 nitrogen and oxygen atoms in total. The van der Waals surface area contributed by atoms with E-state index in [-0.39, 0.29) is 35.9 Å². The topological polar surface area (TPSA) is 57.2 Å². The third-order valence-electron chi connectivity index (χ3n) is 5.50. The third-order valence-corrected chi connectivity index (χ3v) is 5.50. The largest absolute Gasteiger partial charge is 0.466 e. The fourth-order valence-corrected chi connectivity index (χ4v) is 4.40. The Labute approximate surface area is 182 Å². The van der Waals surface area contributed by atoms with Crippen molar-refractivity contribution < 1.29 is 9.53 Å². The van der Waals surface area contributed by atoms with Gasteiger partial charge in [-0.05, 0) is 51.0 Å². The molecule has 0 aliphatic carbocycles. The molecule has 2 unspecified atom stereocenters. The van der Waals surface area contributed by atoms with E-state index in [1.165, 1.54) is 19.5 Å². The van der Waals surface area contributed by atoms with Crippen LogP contribution in [0.1, 0.15) is 46.5 Å². The molecule has 2 saturated heterocycles. The van der Waals surface area contributed by atoms with Crippen LogP contribution in [-0.2, 0) is 9.53 Å². The van der Waals surface area contributed by atoms with Crippen molar-refractivity contribution in [1.82, 2.24) is 15.1 Å². The van der Waals surface area contributed by atoms with Crippen molar-refractivity contribution in [2.24, 2.45) is 22.7 Å². The lowest BCUT2D eigenvalue weighted by atomic mass is 9.92. The number of aliphatic imine (C=N–C) groups is 1. The average Bonchev–Trinajstić information content (AvgIpc) is 2.61. The van der Waals surface area contributed by atoms with E-state index in [2.05, 4.69) is 34.0 Å². The van der Waals surface area contributed by atoms with Gasteiger partial charge < -0.3 is 19.9 Å². The van der Waals surface area contributed by atoms with Crippen LogP contribution in [0.3, 0.4) is 0 Å². The van der Waals surface area contributed by atoms with Gasteiger partial charge in [-0.2, -0.15) is 0 Å². The molecule has 2 fully saturated rings. The lowest BCUT2D eigenvalue weighted by molar-refractivity contribution is -0.149. The normalized spacial score (nSPS) is 25.0. The monoisotopic (exact) mass is 494 g/mol. The lowest BCUT2D eigenvalue weighted by Gasteiger charge is -2.35. The molecule has 27 heavy (non-hydrogen) atoms. The van der Waals surface area contributed by atoms with Crippen molar-refractivity contribution in [2.45, 2.75) is 46.5 Å². The van der Waals surface area contributed by atoms with Crippen molar-refractivity contribution in [3.63, 3.8) is 0 Å². The van der Waals surface area contributed by atoms with Crippen LogP contribution < -0.4 is 5.32 Å². The molecule has 2 aliphatic heterocycles. The second-order valence-electron chi connectivity index (χ2n) is 8.05. The van der Waals surface area contributed by atoms with Crippen molar-refractivity contribution in [1.29, 1.82) is 0 Å². The van der Waals surface area contributed by atoms with Crippen LogP contribution in [-0.4, -0.2) is 74.7 Å². The van der Waals surface area contributed by atoms with Crippen LogP contribution in [0.4, 0.5) is 0 Å². The second kappa shape index (κ2) is 12.8. The number of halogens is 1. The second-order valence-corrected chi connectivity index (χ2v) is 8.05. The number of guanidine groups is 1. The van der Waals surface area contributed by atoms with Gasteiger partial charge in [0.15, 0.2) is 5.96 Å². The van der Waals surface area contributed by atoms with Gasteiger partial charge in [0, 0.05) is 39.8 Å². The molecule has 0 saturated carbocycles. The van der Waals surface area contributed by atoms with Gasteiger partial charge in [-0.15, -0.1) is 24.0 Å². The molecule has 2 heterocycles. The molecule has 0 bridgehead atoms. The highest BCUT2D eigenvalue weighted by atomic mass is 127. The van der Waals surface area contributed by atoms with Crippen molar-refractivity contribution in [2.75, 3.05) is 52.9 Å². The maximum absolute atomic E-state index is 11.9. The minimum atomic E-state index is -0.0416. The number of carbonyl (C=O) groups is 1. The number of hydrogen-bond acceptors (Lipinski definition) is 4. The van der Waals surface area contributed by atoms with Gasteiger partial charge in [-0.1, -0.05) is 13.8 Å². The molecule has 0 aromatic rings. The quantitative estimate of drug-likeness (QED) is 0.202. The number of ether oxygens (including phenoxy) is 1. The van der Waals surface area contributed by atoms with E-state index in [0.29, 0.717) is 6.61 Å². The Balaban J connectivity index is 0.00000364. The molecule has 0 aromatic heterocycles. The molecule has 0 radical (unpaired) electrons. The summed E-state index contributed by atoms with van der Waals surface area (Å²) in [4.78, 5) is 21.2. The Morgan fingerprint density at radius 3 is 2.37 bits per heavy atom.